The third-order valence-electron chi connectivity index (χ3n) is 1.99. The van der Waals surface area contributed by atoms with Crippen LogP contribution in [0.25, 0.3) is 0 Å². The van der Waals surface area contributed by atoms with E-state index < -0.39 is 0 Å². The fourth-order valence-corrected chi connectivity index (χ4v) is 0.912. The summed E-state index contributed by atoms with van der Waals surface area (Å²) in [6.07, 6.45) is 5.34. The molecule has 19 heavy (non-hydrogen) atoms. The van der Waals surface area contributed by atoms with Gasteiger partial charge in [-0.25, -0.2) is 0 Å². The first-order valence-corrected chi connectivity index (χ1v) is 6.02. The van der Waals surface area contributed by atoms with Crippen molar-refractivity contribution in [2.24, 2.45) is 0 Å². The van der Waals surface area contributed by atoms with Gasteiger partial charge in [0.25, 0.3) is 11.8 Å². The number of hydrogen-bond donors (Lipinski definition) is 0. The SMILES string of the molecule is C/C=C\C.CC1=CC(=O)N(C)C1=O.CCOC(C)=O. The zero-order valence-corrected chi connectivity index (χ0v) is 12.5. The average Bonchev–Trinajstić information content (AvgIpc) is 2.57. The number of rotatable bonds is 1. The molecule has 1 rings (SSSR count). The maximum atomic E-state index is 10.8. The van der Waals surface area contributed by atoms with E-state index in [9.17, 15) is 14.4 Å². The molecule has 0 radical (unpaired) electrons. The number of ether oxygens (including phenoxy) is 1. The fraction of sp³-hybridized carbons (Fsp3) is 0.500. The number of carbonyl (C=O) groups excluding carboxylic acids is 3. The van der Waals surface area contributed by atoms with Gasteiger partial charge in [-0.3, -0.25) is 19.3 Å². The summed E-state index contributed by atoms with van der Waals surface area (Å²) < 4.78 is 4.40. The predicted octanol–water partition coefficient (Wildman–Crippen LogP) is 2.08. The van der Waals surface area contributed by atoms with Crippen LogP contribution in [0.3, 0.4) is 0 Å². The molecular weight excluding hydrogens is 246 g/mol. The van der Waals surface area contributed by atoms with Crippen LogP contribution < -0.4 is 0 Å². The molecule has 0 atom stereocenters. The van der Waals surface area contributed by atoms with E-state index in [-0.39, 0.29) is 17.8 Å². The molecule has 0 saturated carbocycles. The highest BCUT2D eigenvalue weighted by molar-refractivity contribution is 6.15. The molecule has 108 valence electrons. The Labute approximate surface area is 114 Å². The molecular formula is C14H23NO4. The lowest BCUT2D eigenvalue weighted by Gasteiger charge is -2.03. The van der Waals surface area contributed by atoms with Crippen molar-refractivity contribution in [1.29, 1.82) is 0 Å². The largest absolute Gasteiger partial charge is 0.466 e. The summed E-state index contributed by atoms with van der Waals surface area (Å²) in [4.78, 5) is 32.3. The van der Waals surface area contributed by atoms with Crippen LogP contribution in [0.4, 0.5) is 0 Å². The Morgan fingerprint density at radius 3 is 1.84 bits per heavy atom. The van der Waals surface area contributed by atoms with Gasteiger partial charge < -0.3 is 4.74 Å². The first-order valence-electron chi connectivity index (χ1n) is 6.02. The van der Waals surface area contributed by atoms with Crippen LogP contribution in [0.15, 0.2) is 23.8 Å². The highest BCUT2D eigenvalue weighted by Crippen LogP contribution is 2.07. The second kappa shape index (κ2) is 11.2. The maximum absolute atomic E-state index is 10.8. The smallest absolute Gasteiger partial charge is 0.302 e. The van der Waals surface area contributed by atoms with E-state index >= 15 is 0 Å². The van der Waals surface area contributed by atoms with E-state index in [0.29, 0.717) is 12.2 Å². The molecule has 0 fully saturated rings. The molecule has 0 bridgehead atoms. The summed E-state index contributed by atoms with van der Waals surface area (Å²) >= 11 is 0. The van der Waals surface area contributed by atoms with Crippen LogP contribution in [0, 0.1) is 0 Å². The summed E-state index contributed by atoms with van der Waals surface area (Å²) in [5.74, 6) is -0.630. The molecule has 2 amide bonds. The van der Waals surface area contributed by atoms with Gasteiger partial charge in [0.15, 0.2) is 0 Å². The van der Waals surface area contributed by atoms with Crippen molar-refractivity contribution in [2.75, 3.05) is 13.7 Å². The van der Waals surface area contributed by atoms with E-state index in [2.05, 4.69) is 4.74 Å². The summed E-state index contributed by atoms with van der Waals surface area (Å²) in [5, 5.41) is 0. The van der Waals surface area contributed by atoms with Crippen molar-refractivity contribution in [3.05, 3.63) is 23.8 Å². The quantitative estimate of drug-likeness (QED) is 0.415. The van der Waals surface area contributed by atoms with Crippen LogP contribution >= 0.6 is 0 Å². The van der Waals surface area contributed by atoms with Crippen LogP contribution in [-0.4, -0.2) is 36.3 Å². The third kappa shape index (κ3) is 9.76. The lowest BCUT2D eigenvalue weighted by atomic mass is 10.3. The van der Waals surface area contributed by atoms with Gasteiger partial charge in [0.1, 0.15) is 0 Å². The van der Waals surface area contributed by atoms with Crippen molar-refractivity contribution >= 4 is 17.8 Å². The predicted molar refractivity (Wildman–Crippen MR) is 74.3 cm³/mol. The minimum atomic E-state index is -0.225. The zero-order valence-electron chi connectivity index (χ0n) is 12.5. The molecule has 1 heterocycles. The topological polar surface area (TPSA) is 63.7 Å². The molecule has 0 unspecified atom stereocenters. The summed E-state index contributed by atoms with van der Waals surface area (Å²) in [6.45, 7) is 9.28. The second-order valence-electron chi connectivity index (χ2n) is 3.62. The van der Waals surface area contributed by atoms with Crippen LogP contribution in [-0.2, 0) is 19.1 Å². The second-order valence-corrected chi connectivity index (χ2v) is 3.62. The Morgan fingerprint density at radius 2 is 1.79 bits per heavy atom. The Balaban J connectivity index is 0. The number of esters is 1. The minimum absolute atomic E-state index is 0.194. The normalized spacial score (nSPS) is 13.4. The Bertz CT molecular complexity index is 366. The van der Waals surface area contributed by atoms with E-state index in [0.717, 1.165) is 4.90 Å². The monoisotopic (exact) mass is 269 g/mol. The van der Waals surface area contributed by atoms with Crippen LogP contribution in [0.5, 0.6) is 0 Å². The van der Waals surface area contributed by atoms with Crippen molar-refractivity contribution in [2.45, 2.75) is 34.6 Å². The Kier molecular flexibility index (Phi) is 11.4. The molecule has 0 aromatic carbocycles. The molecule has 1 aliphatic heterocycles. The number of likely N-dealkylation sites (N-methyl/N-ethyl adjacent to an activating group) is 1. The van der Waals surface area contributed by atoms with Gasteiger partial charge in [-0.05, 0) is 27.7 Å². The Hall–Kier alpha value is -1.91. The lowest BCUT2D eigenvalue weighted by molar-refractivity contribution is -0.140. The highest BCUT2D eigenvalue weighted by Gasteiger charge is 2.23. The number of allylic oxidation sites excluding steroid dienone is 2. The molecule has 5 heteroatoms. The van der Waals surface area contributed by atoms with E-state index in [1.165, 1.54) is 20.0 Å². The van der Waals surface area contributed by atoms with Gasteiger partial charge in [0.05, 0.1) is 6.61 Å². The van der Waals surface area contributed by atoms with Gasteiger partial charge in [0, 0.05) is 25.6 Å². The van der Waals surface area contributed by atoms with Gasteiger partial charge in [-0.1, -0.05) is 12.2 Å². The van der Waals surface area contributed by atoms with Crippen molar-refractivity contribution in [1.82, 2.24) is 4.90 Å². The van der Waals surface area contributed by atoms with Crippen LogP contribution in [0.1, 0.15) is 34.6 Å². The number of hydrogen-bond acceptors (Lipinski definition) is 4. The lowest BCUT2D eigenvalue weighted by Crippen LogP contribution is -2.25. The first kappa shape index (κ1) is 19.4. The summed E-state index contributed by atoms with van der Waals surface area (Å²) in [5.41, 5.74) is 0.516. The Morgan fingerprint density at radius 1 is 1.32 bits per heavy atom. The molecule has 5 nitrogen and oxygen atoms in total. The molecule has 0 spiro atoms. The first-order chi connectivity index (χ1) is 8.81. The number of carbonyl (C=O) groups is 3. The molecule has 0 aliphatic carbocycles. The molecule has 0 N–H and O–H groups in total. The molecule has 0 aromatic rings. The highest BCUT2D eigenvalue weighted by atomic mass is 16.5. The summed E-state index contributed by atoms with van der Waals surface area (Å²) in [6, 6.07) is 0. The minimum Gasteiger partial charge on any atom is -0.466 e. The van der Waals surface area contributed by atoms with E-state index in [1.54, 1.807) is 13.8 Å². The van der Waals surface area contributed by atoms with Crippen molar-refractivity contribution in [3.63, 3.8) is 0 Å². The molecule has 0 saturated heterocycles. The van der Waals surface area contributed by atoms with Gasteiger partial charge in [0.2, 0.25) is 0 Å². The molecule has 1 aliphatic rings. The standard InChI is InChI=1S/C6H7NO2.C4H8O2.C4H8/c1-4-3-5(8)7(2)6(4)9;1-3-6-4(2)5;1-3-4-2/h3H,1-2H3;3H2,1-2H3;3-4H,1-2H3/b;;4-3-. The van der Waals surface area contributed by atoms with Gasteiger partial charge in [-0.15, -0.1) is 0 Å². The summed E-state index contributed by atoms with van der Waals surface area (Å²) in [7, 11) is 1.47. The van der Waals surface area contributed by atoms with Gasteiger partial charge in [-0.2, -0.15) is 0 Å². The molecule has 0 aromatic heterocycles. The third-order valence-corrected chi connectivity index (χ3v) is 1.99. The van der Waals surface area contributed by atoms with E-state index in [4.69, 9.17) is 0 Å². The maximum Gasteiger partial charge on any atom is 0.302 e. The van der Waals surface area contributed by atoms with Crippen LogP contribution in [0.2, 0.25) is 0 Å². The number of nitrogens with zero attached hydrogens (tertiary/aromatic N) is 1. The number of amides is 2. The van der Waals surface area contributed by atoms with Crippen molar-refractivity contribution < 1.29 is 19.1 Å². The average molecular weight is 269 g/mol. The van der Waals surface area contributed by atoms with Gasteiger partial charge >= 0.3 is 5.97 Å². The van der Waals surface area contributed by atoms with Crippen molar-refractivity contribution in [3.8, 4) is 0 Å². The fourth-order valence-electron chi connectivity index (χ4n) is 0.912. The van der Waals surface area contributed by atoms with E-state index in [1.807, 2.05) is 26.0 Å². The zero-order chi connectivity index (χ0) is 15.4. The number of imide groups is 1.